The van der Waals surface area contributed by atoms with E-state index in [0.717, 1.165) is 33.9 Å². The predicted molar refractivity (Wildman–Crippen MR) is 101 cm³/mol. The Morgan fingerprint density at radius 2 is 2.19 bits per heavy atom. The van der Waals surface area contributed by atoms with Gasteiger partial charge in [-0.25, -0.2) is 4.98 Å². The van der Waals surface area contributed by atoms with E-state index >= 15 is 0 Å². The van der Waals surface area contributed by atoms with E-state index in [9.17, 15) is 4.79 Å². The molecule has 1 aliphatic rings. The molecule has 1 saturated carbocycles. The summed E-state index contributed by atoms with van der Waals surface area (Å²) in [7, 11) is 0. The number of benzene rings is 1. The normalized spacial score (nSPS) is 18.7. The van der Waals surface area contributed by atoms with Gasteiger partial charge in [0, 0.05) is 47.8 Å². The van der Waals surface area contributed by atoms with E-state index in [2.05, 4.69) is 15.3 Å². The fraction of sp³-hybridized carbons (Fsp3) is 0.250. The maximum absolute atomic E-state index is 12.2. The molecule has 2 atom stereocenters. The third-order valence-corrected chi connectivity index (χ3v) is 4.96. The number of aryl methyl sites for hydroxylation is 1. The summed E-state index contributed by atoms with van der Waals surface area (Å²) in [6.07, 6.45) is 5.99. The molecule has 1 fully saturated rings. The number of fused-ring (bicyclic) bond motifs is 1. The number of carbonyl (C=O) groups excluding carboxylic acids is 1. The van der Waals surface area contributed by atoms with Crippen molar-refractivity contribution >= 4 is 28.2 Å². The number of nitrogens with one attached hydrogen (secondary N) is 1. The Kier molecular flexibility index (Phi) is 4.05. The summed E-state index contributed by atoms with van der Waals surface area (Å²) in [5, 5.41) is 13.7. The Morgan fingerprint density at radius 3 is 2.92 bits per heavy atom. The van der Waals surface area contributed by atoms with Crippen molar-refractivity contribution in [1.29, 1.82) is 0 Å². The Labute approximate surface area is 151 Å². The number of nitrogen functional groups attached to an aromatic ring is 1. The van der Waals surface area contributed by atoms with E-state index in [1.165, 1.54) is 0 Å². The van der Waals surface area contributed by atoms with E-state index in [0.29, 0.717) is 11.5 Å². The molecule has 132 valence electrons. The molecule has 2 heterocycles. The molecule has 2 aromatic heterocycles. The second-order valence-corrected chi connectivity index (χ2v) is 6.82. The third-order valence-electron chi connectivity index (χ3n) is 4.96. The van der Waals surface area contributed by atoms with Crippen molar-refractivity contribution in [2.75, 3.05) is 17.7 Å². The van der Waals surface area contributed by atoms with E-state index in [4.69, 9.17) is 10.8 Å². The van der Waals surface area contributed by atoms with Gasteiger partial charge in [-0.15, -0.1) is 0 Å². The quantitative estimate of drug-likeness (QED) is 0.629. The van der Waals surface area contributed by atoms with Crippen LogP contribution >= 0.6 is 0 Å². The number of rotatable bonds is 4. The number of carbonyl (C=O) groups is 1. The van der Waals surface area contributed by atoms with E-state index in [1.807, 2.05) is 37.4 Å². The summed E-state index contributed by atoms with van der Waals surface area (Å²) in [5.41, 5.74) is 9.96. The zero-order chi connectivity index (χ0) is 18.3. The van der Waals surface area contributed by atoms with Crippen LogP contribution in [0.1, 0.15) is 12.0 Å². The van der Waals surface area contributed by atoms with Gasteiger partial charge in [0.2, 0.25) is 5.91 Å². The Balaban J connectivity index is 1.68. The van der Waals surface area contributed by atoms with Crippen LogP contribution in [0, 0.1) is 18.8 Å². The second kappa shape index (κ2) is 6.38. The predicted octanol–water partition coefficient (Wildman–Crippen LogP) is 2.75. The highest BCUT2D eigenvalue weighted by atomic mass is 16.3. The number of anilines is 2. The van der Waals surface area contributed by atoms with Crippen molar-refractivity contribution in [3.8, 4) is 11.1 Å². The molecule has 6 heteroatoms. The van der Waals surface area contributed by atoms with Crippen LogP contribution in [0.5, 0.6) is 0 Å². The van der Waals surface area contributed by atoms with Gasteiger partial charge >= 0.3 is 0 Å². The Hall–Kier alpha value is -2.99. The summed E-state index contributed by atoms with van der Waals surface area (Å²) < 4.78 is 0. The molecule has 4 rings (SSSR count). The minimum Gasteiger partial charge on any atom is -0.398 e. The molecule has 0 aliphatic heterocycles. The van der Waals surface area contributed by atoms with Crippen LogP contribution in [0.25, 0.3) is 21.9 Å². The van der Waals surface area contributed by atoms with Gasteiger partial charge in [-0.2, -0.15) is 0 Å². The fourth-order valence-electron chi connectivity index (χ4n) is 3.27. The molecule has 0 unspecified atom stereocenters. The lowest BCUT2D eigenvalue weighted by molar-refractivity contribution is -0.117. The number of nitrogens with zero attached hydrogens (tertiary/aromatic N) is 2. The van der Waals surface area contributed by atoms with Crippen LogP contribution in [-0.2, 0) is 4.79 Å². The number of pyridine rings is 2. The van der Waals surface area contributed by atoms with Crippen LogP contribution in [0.4, 0.5) is 11.5 Å². The van der Waals surface area contributed by atoms with Gasteiger partial charge in [0.05, 0.1) is 0 Å². The van der Waals surface area contributed by atoms with Gasteiger partial charge in [-0.1, -0.05) is 0 Å². The monoisotopic (exact) mass is 348 g/mol. The van der Waals surface area contributed by atoms with Crippen molar-refractivity contribution in [3.63, 3.8) is 0 Å². The molecule has 3 aromatic rings. The van der Waals surface area contributed by atoms with Gasteiger partial charge in [-0.3, -0.25) is 9.78 Å². The smallest absolute Gasteiger partial charge is 0.229 e. The van der Waals surface area contributed by atoms with Crippen molar-refractivity contribution < 1.29 is 9.90 Å². The lowest BCUT2D eigenvalue weighted by Gasteiger charge is -2.11. The molecule has 6 nitrogen and oxygen atoms in total. The van der Waals surface area contributed by atoms with E-state index < -0.39 is 0 Å². The number of aliphatic hydroxyl groups is 1. The topological polar surface area (TPSA) is 101 Å². The highest BCUT2D eigenvalue weighted by Gasteiger charge is 2.42. The minimum atomic E-state index is -0.119. The molecule has 4 N–H and O–H groups in total. The van der Waals surface area contributed by atoms with Crippen LogP contribution in [-0.4, -0.2) is 27.6 Å². The minimum absolute atomic E-state index is 0.0492. The third kappa shape index (κ3) is 2.99. The fourth-order valence-corrected chi connectivity index (χ4v) is 3.27. The van der Waals surface area contributed by atoms with Crippen LogP contribution in [0.3, 0.4) is 0 Å². The number of nitrogens with two attached hydrogens (primary N) is 1. The summed E-state index contributed by atoms with van der Waals surface area (Å²) in [6.45, 7) is 2.08. The van der Waals surface area contributed by atoms with Crippen molar-refractivity contribution in [1.82, 2.24) is 9.97 Å². The Bertz CT molecular complexity index is 1000. The molecule has 1 aromatic carbocycles. The molecule has 0 spiro atoms. The van der Waals surface area contributed by atoms with E-state index in [1.54, 1.807) is 12.4 Å². The first-order valence-electron chi connectivity index (χ1n) is 8.59. The first-order valence-corrected chi connectivity index (χ1v) is 8.59. The number of amides is 1. The Morgan fingerprint density at radius 1 is 1.35 bits per heavy atom. The molecule has 1 amide bonds. The van der Waals surface area contributed by atoms with Gasteiger partial charge < -0.3 is 16.2 Å². The molecule has 0 saturated heterocycles. The maximum Gasteiger partial charge on any atom is 0.229 e. The van der Waals surface area contributed by atoms with Crippen LogP contribution in [0.15, 0.2) is 42.9 Å². The zero-order valence-corrected chi connectivity index (χ0v) is 14.4. The standard InChI is InChI=1S/C20H20N4O2/c1-11-2-3-22-8-16(11)12-4-13-7-19(23-9-17(13)18(21)6-12)24-20(26)15-5-14(15)10-25/h2-4,6-9,14-15,25H,5,10,21H2,1H3,(H,23,24,26)/t14-,15+/m0/s1. The second-order valence-electron chi connectivity index (χ2n) is 6.82. The largest absolute Gasteiger partial charge is 0.398 e. The van der Waals surface area contributed by atoms with E-state index in [-0.39, 0.29) is 24.3 Å². The summed E-state index contributed by atoms with van der Waals surface area (Å²) >= 11 is 0. The highest BCUT2D eigenvalue weighted by Crippen LogP contribution is 2.39. The van der Waals surface area contributed by atoms with Gasteiger partial charge in [0.25, 0.3) is 0 Å². The number of aliphatic hydroxyl groups excluding tert-OH is 1. The highest BCUT2D eigenvalue weighted by molar-refractivity contribution is 6.00. The number of aromatic nitrogens is 2. The summed E-state index contributed by atoms with van der Waals surface area (Å²) in [6, 6.07) is 7.74. The molecular formula is C20H20N4O2. The zero-order valence-electron chi connectivity index (χ0n) is 14.4. The maximum atomic E-state index is 12.2. The average Bonchev–Trinajstić information content (AvgIpc) is 3.42. The molecule has 0 radical (unpaired) electrons. The van der Waals surface area contributed by atoms with Gasteiger partial charge in [-0.05, 0) is 60.0 Å². The number of hydrogen-bond acceptors (Lipinski definition) is 5. The van der Waals surface area contributed by atoms with Crippen molar-refractivity contribution in [3.05, 3.63) is 48.4 Å². The first-order chi connectivity index (χ1) is 12.6. The van der Waals surface area contributed by atoms with Gasteiger partial charge in [0.1, 0.15) is 5.82 Å². The molecule has 1 aliphatic carbocycles. The average molecular weight is 348 g/mol. The summed E-state index contributed by atoms with van der Waals surface area (Å²) in [5.74, 6) is 0.354. The molecule has 26 heavy (non-hydrogen) atoms. The molecular weight excluding hydrogens is 328 g/mol. The first kappa shape index (κ1) is 16.5. The summed E-state index contributed by atoms with van der Waals surface area (Å²) in [4.78, 5) is 20.7. The van der Waals surface area contributed by atoms with Crippen LogP contribution in [0.2, 0.25) is 0 Å². The lowest BCUT2D eigenvalue weighted by Crippen LogP contribution is -2.16. The number of hydrogen-bond donors (Lipinski definition) is 3. The SMILES string of the molecule is Cc1ccncc1-c1cc(N)c2cnc(NC(=O)[C@@H]3C[C@H]3CO)cc2c1. The van der Waals surface area contributed by atoms with Crippen molar-refractivity contribution in [2.24, 2.45) is 11.8 Å². The molecule has 0 bridgehead atoms. The van der Waals surface area contributed by atoms with Gasteiger partial charge in [0.15, 0.2) is 0 Å². The lowest BCUT2D eigenvalue weighted by atomic mass is 9.99. The van der Waals surface area contributed by atoms with Crippen LogP contribution < -0.4 is 11.1 Å². The van der Waals surface area contributed by atoms with Crippen molar-refractivity contribution in [2.45, 2.75) is 13.3 Å².